The summed E-state index contributed by atoms with van der Waals surface area (Å²) < 4.78 is 0. The fourth-order valence-electron chi connectivity index (χ4n) is 5.06. The molecule has 142 valence electrons. The van der Waals surface area contributed by atoms with E-state index in [0.717, 1.165) is 38.6 Å². The maximum absolute atomic E-state index is 12.6. The maximum atomic E-state index is 12.6. The van der Waals surface area contributed by atoms with Crippen molar-refractivity contribution in [2.24, 2.45) is 17.1 Å². The number of hydrogen-bond acceptors (Lipinski definition) is 3. The molecule has 0 bridgehead atoms. The van der Waals surface area contributed by atoms with Crippen molar-refractivity contribution < 1.29 is 9.59 Å². The van der Waals surface area contributed by atoms with Crippen molar-refractivity contribution in [3.8, 4) is 0 Å². The molecule has 0 spiro atoms. The summed E-state index contributed by atoms with van der Waals surface area (Å²) in [5, 5.41) is 3.18. The smallest absolute Gasteiger partial charge is 0.225 e. The molecule has 0 aromatic heterocycles. The molecule has 1 heterocycles. The van der Waals surface area contributed by atoms with E-state index >= 15 is 0 Å². The quantitative estimate of drug-likeness (QED) is 0.801. The highest BCUT2D eigenvalue weighted by atomic mass is 16.2. The van der Waals surface area contributed by atoms with E-state index in [4.69, 9.17) is 5.73 Å². The first-order valence-corrected chi connectivity index (χ1v) is 10.4. The number of rotatable bonds is 5. The lowest BCUT2D eigenvalue weighted by atomic mass is 9.71. The molecule has 1 saturated heterocycles. The molecule has 2 saturated carbocycles. The van der Waals surface area contributed by atoms with Crippen molar-refractivity contribution in [1.82, 2.24) is 10.2 Å². The molecule has 1 atom stereocenters. The summed E-state index contributed by atoms with van der Waals surface area (Å²) in [6.45, 7) is 2.09. The third-order valence-electron chi connectivity index (χ3n) is 6.70. The number of nitrogens with two attached hydrogens (primary N) is 1. The van der Waals surface area contributed by atoms with E-state index in [1.807, 2.05) is 4.90 Å². The van der Waals surface area contributed by atoms with Crippen LogP contribution in [0.4, 0.5) is 0 Å². The fraction of sp³-hybridized carbons (Fsp3) is 0.900. The Labute approximate surface area is 152 Å². The molecule has 3 aliphatic rings. The third-order valence-corrected chi connectivity index (χ3v) is 6.70. The Hall–Kier alpha value is -1.10. The van der Waals surface area contributed by atoms with Gasteiger partial charge < -0.3 is 16.0 Å². The summed E-state index contributed by atoms with van der Waals surface area (Å²) in [5.74, 6) is 0.678. The van der Waals surface area contributed by atoms with E-state index < -0.39 is 0 Å². The second-order valence-corrected chi connectivity index (χ2v) is 8.61. The van der Waals surface area contributed by atoms with Gasteiger partial charge in [0, 0.05) is 31.5 Å². The van der Waals surface area contributed by atoms with Gasteiger partial charge in [-0.1, -0.05) is 38.5 Å². The minimum Gasteiger partial charge on any atom is -0.352 e. The minimum atomic E-state index is 0.0124. The Bertz CT molecular complexity index is 468. The van der Waals surface area contributed by atoms with Crippen molar-refractivity contribution in [2.45, 2.75) is 83.1 Å². The van der Waals surface area contributed by atoms with Crippen LogP contribution in [0, 0.1) is 11.3 Å². The molecule has 2 aliphatic carbocycles. The second kappa shape index (κ2) is 8.52. The summed E-state index contributed by atoms with van der Waals surface area (Å²) in [6.07, 6.45) is 13.0. The van der Waals surface area contributed by atoms with Crippen molar-refractivity contribution >= 4 is 11.8 Å². The summed E-state index contributed by atoms with van der Waals surface area (Å²) in [5.41, 5.74) is 6.02. The largest absolute Gasteiger partial charge is 0.352 e. The van der Waals surface area contributed by atoms with Crippen molar-refractivity contribution in [2.75, 3.05) is 19.6 Å². The molecule has 3 rings (SSSR count). The molecule has 25 heavy (non-hydrogen) atoms. The van der Waals surface area contributed by atoms with Crippen LogP contribution < -0.4 is 11.1 Å². The van der Waals surface area contributed by atoms with Crippen LogP contribution in [0.25, 0.3) is 0 Å². The maximum Gasteiger partial charge on any atom is 0.225 e. The zero-order valence-corrected chi connectivity index (χ0v) is 15.6. The molecule has 5 nitrogen and oxygen atoms in total. The standard InChI is InChI=1S/C20H35N3O2/c21-15-20(10-5-2-6-11-20)13-18(24)22-17-9-12-23(14-17)19(25)16-7-3-1-4-8-16/h16-17H,1-15,21H2,(H,22,24). The van der Waals surface area contributed by atoms with Gasteiger partial charge in [0.25, 0.3) is 0 Å². The highest BCUT2D eigenvalue weighted by Crippen LogP contribution is 2.38. The van der Waals surface area contributed by atoms with Gasteiger partial charge in [0.2, 0.25) is 11.8 Å². The van der Waals surface area contributed by atoms with Gasteiger partial charge in [-0.3, -0.25) is 9.59 Å². The Morgan fingerprint density at radius 2 is 1.68 bits per heavy atom. The van der Waals surface area contributed by atoms with Crippen LogP contribution >= 0.6 is 0 Å². The number of nitrogens with zero attached hydrogens (tertiary/aromatic N) is 1. The van der Waals surface area contributed by atoms with Crippen LogP contribution in [0.15, 0.2) is 0 Å². The van der Waals surface area contributed by atoms with E-state index in [9.17, 15) is 9.59 Å². The molecular formula is C20H35N3O2. The van der Waals surface area contributed by atoms with Crippen LogP contribution in [0.1, 0.15) is 77.0 Å². The minimum absolute atomic E-state index is 0.0124. The van der Waals surface area contributed by atoms with Crippen LogP contribution in [0.2, 0.25) is 0 Å². The topological polar surface area (TPSA) is 75.4 Å². The third kappa shape index (κ3) is 4.75. The van der Waals surface area contributed by atoms with Crippen molar-refractivity contribution in [3.63, 3.8) is 0 Å². The Balaban J connectivity index is 1.45. The molecular weight excluding hydrogens is 314 g/mol. The molecule has 3 fully saturated rings. The van der Waals surface area contributed by atoms with E-state index in [0.29, 0.717) is 25.4 Å². The molecule has 5 heteroatoms. The lowest BCUT2D eigenvalue weighted by Gasteiger charge is -2.36. The molecule has 0 aromatic carbocycles. The fourth-order valence-corrected chi connectivity index (χ4v) is 5.06. The van der Waals surface area contributed by atoms with Crippen LogP contribution in [-0.2, 0) is 9.59 Å². The van der Waals surface area contributed by atoms with Gasteiger partial charge in [0.15, 0.2) is 0 Å². The number of carbonyl (C=O) groups is 2. The van der Waals surface area contributed by atoms with Gasteiger partial charge in [0.05, 0.1) is 0 Å². The normalized spacial score (nSPS) is 27.2. The predicted octanol–water partition coefficient (Wildman–Crippen LogP) is 2.58. The van der Waals surface area contributed by atoms with Crippen LogP contribution in [0.3, 0.4) is 0 Å². The Morgan fingerprint density at radius 3 is 2.36 bits per heavy atom. The number of hydrogen-bond donors (Lipinski definition) is 2. The zero-order chi connectivity index (χ0) is 17.7. The number of amides is 2. The van der Waals surface area contributed by atoms with Crippen LogP contribution in [0.5, 0.6) is 0 Å². The summed E-state index contributed by atoms with van der Waals surface area (Å²) in [7, 11) is 0. The molecule has 1 unspecified atom stereocenters. The van der Waals surface area contributed by atoms with E-state index in [1.165, 1.54) is 38.5 Å². The Morgan fingerprint density at radius 1 is 1.00 bits per heavy atom. The van der Waals surface area contributed by atoms with Crippen LogP contribution in [-0.4, -0.2) is 42.4 Å². The van der Waals surface area contributed by atoms with Gasteiger partial charge in [-0.15, -0.1) is 0 Å². The first-order chi connectivity index (χ1) is 12.1. The first kappa shape index (κ1) is 18.7. The SMILES string of the molecule is NCC1(CC(=O)NC2CCN(C(=O)C3CCCCC3)C2)CCCCC1. The van der Waals surface area contributed by atoms with Gasteiger partial charge in [0.1, 0.15) is 0 Å². The number of carbonyl (C=O) groups excluding carboxylic acids is 2. The molecule has 0 aromatic rings. The molecule has 1 aliphatic heterocycles. The van der Waals surface area contributed by atoms with Crippen molar-refractivity contribution in [3.05, 3.63) is 0 Å². The second-order valence-electron chi connectivity index (χ2n) is 8.61. The first-order valence-electron chi connectivity index (χ1n) is 10.4. The van der Waals surface area contributed by atoms with Gasteiger partial charge in [-0.2, -0.15) is 0 Å². The molecule has 2 amide bonds. The lowest BCUT2D eigenvalue weighted by Crippen LogP contribution is -2.43. The van der Waals surface area contributed by atoms with Gasteiger partial charge in [-0.05, 0) is 44.1 Å². The Kier molecular flexibility index (Phi) is 6.37. The highest BCUT2D eigenvalue weighted by molar-refractivity contribution is 5.80. The number of likely N-dealkylation sites (tertiary alicyclic amines) is 1. The van der Waals surface area contributed by atoms with E-state index in [1.54, 1.807) is 0 Å². The predicted molar refractivity (Wildman–Crippen MR) is 98.9 cm³/mol. The monoisotopic (exact) mass is 349 g/mol. The van der Waals surface area contributed by atoms with Crippen molar-refractivity contribution in [1.29, 1.82) is 0 Å². The highest BCUT2D eigenvalue weighted by Gasteiger charge is 2.35. The molecule has 0 radical (unpaired) electrons. The average Bonchev–Trinajstić information content (AvgIpc) is 3.10. The lowest BCUT2D eigenvalue weighted by molar-refractivity contribution is -0.135. The number of nitrogens with one attached hydrogen (secondary N) is 1. The summed E-state index contributed by atoms with van der Waals surface area (Å²) in [4.78, 5) is 27.2. The average molecular weight is 350 g/mol. The summed E-state index contributed by atoms with van der Waals surface area (Å²) in [6, 6.07) is 0.124. The van der Waals surface area contributed by atoms with Gasteiger partial charge in [-0.25, -0.2) is 0 Å². The zero-order valence-electron chi connectivity index (χ0n) is 15.6. The molecule has 3 N–H and O–H groups in total. The van der Waals surface area contributed by atoms with E-state index in [-0.39, 0.29) is 23.3 Å². The van der Waals surface area contributed by atoms with E-state index in [2.05, 4.69) is 5.32 Å². The summed E-state index contributed by atoms with van der Waals surface area (Å²) >= 11 is 0. The van der Waals surface area contributed by atoms with Gasteiger partial charge >= 0.3 is 0 Å².